The fourth-order valence-electron chi connectivity index (χ4n) is 2.73. The molecule has 0 aliphatic heterocycles. The maximum absolute atomic E-state index is 12.5. The van der Waals surface area contributed by atoms with Gasteiger partial charge in [-0.05, 0) is 33.1 Å². The molecule has 2 N–H and O–H groups in total. The zero-order valence-electron chi connectivity index (χ0n) is 13.6. The van der Waals surface area contributed by atoms with Gasteiger partial charge in [-0.15, -0.1) is 0 Å². The third-order valence-corrected chi connectivity index (χ3v) is 4.01. The minimum absolute atomic E-state index is 0.238. The standard InChI is InChI=1S/C15H24N4O4/c1-3-18-13-12(14(22)19(4-2)15(18)23)17(10-16-13)8-6-5-7-11(21)9-20/h10-11,20-21H,3-9H2,1-2H3. The van der Waals surface area contributed by atoms with Crippen LogP contribution in [0.15, 0.2) is 15.9 Å². The van der Waals surface area contributed by atoms with E-state index in [9.17, 15) is 14.7 Å². The highest BCUT2D eigenvalue weighted by atomic mass is 16.3. The Morgan fingerprint density at radius 3 is 2.48 bits per heavy atom. The third kappa shape index (κ3) is 3.37. The van der Waals surface area contributed by atoms with Gasteiger partial charge in [0, 0.05) is 19.6 Å². The van der Waals surface area contributed by atoms with Crippen LogP contribution < -0.4 is 11.2 Å². The van der Waals surface area contributed by atoms with Gasteiger partial charge in [-0.3, -0.25) is 13.9 Å². The summed E-state index contributed by atoms with van der Waals surface area (Å²) in [5.74, 6) is 0. The Labute approximate surface area is 133 Å². The predicted molar refractivity (Wildman–Crippen MR) is 86.5 cm³/mol. The van der Waals surface area contributed by atoms with Crippen LogP contribution in [0.25, 0.3) is 11.2 Å². The van der Waals surface area contributed by atoms with E-state index < -0.39 is 6.10 Å². The van der Waals surface area contributed by atoms with E-state index in [-0.39, 0.29) is 17.9 Å². The molecule has 1 unspecified atom stereocenters. The maximum atomic E-state index is 12.5. The van der Waals surface area contributed by atoms with Gasteiger partial charge in [0.15, 0.2) is 11.2 Å². The fraction of sp³-hybridized carbons (Fsp3) is 0.667. The van der Waals surface area contributed by atoms with Crippen molar-refractivity contribution >= 4 is 11.2 Å². The summed E-state index contributed by atoms with van der Waals surface area (Å²) in [6, 6.07) is 0. The zero-order valence-corrected chi connectivity index (χ0v) is 13.6. The Balaban J connectivity index is 2.32. The molecule has 0 bridgehead atoms. The molecule has 2 rings (SSSR count). The number of hydrogen-bond acceptors (Lipinski definition) is 5. The normalized spacial score (nSPS) is 12.9. The molecular weight excluding hydrogens is 300 g/mol. The minimum Gasteiger partial charge on any atom is -0.394 e. The van der Waals surface area contributed by atoms with E-state index in [4.69, 9.17) is 5.11 Å². The Morgan fingerprint density at radius 2 is 1.87 bits per heavy atom. The fourth-order valence-corrected chi connectivity index (χ4v) is 2.73. The van der Waals surface area contributed by atoms with Crippen LogP contribution in [0.4, 0.5) is 0 Å². The van der Waals surface area contributed by atoms with Gasteiger partial charge in [-0.2, -0.15) is 0 Å². The molecule has 0 radical (unpaired) electrons. The minimum atomic E-state index is -0.697. The summed E-state index contributed by atoms with van der Waals surface area (Å²) < 4.78 is 4.49. The lowest BCUT2D eigenvalue weighted by atomic mass is 10.1. The third-order valence-electron chi connectivity index (χ3n) is 4.01. The molecule has 1 atom stereocenters. The van der Waals surface area contributed by atoms with Crippen molar-refractivity contribution < 1.29 is 10.2 Å². The van der Waals surface area contributed by atoms with Gasteiger partial charge in [0.05, 0.1) is 19.0 Å². The summed E-state index contributed by atoms with van der Waals surface area (Å²) in [5.41, 5.74) is 0.215. The first-order valence-corrected chi connectivity index (χ1v) is 8.02. The molecule has 0 aliphatic rings. The molecule has 0 spiro atoms. The maximum Gasteiger partial charge on any atom is 0.332 e. The van der Waals surface area contributed by atoms with E-state index >= 15 is 0 Å². The zero-order chi connectivity index (χ0) is 17.0. The van der Waals surface area contributed by atoms with Crippen LogP contribution in [-0.4, -0.2) is 41.6 Å². The van der Waals surface area contributed by atoms with Gasteiger partial charge in [0.1, 0.15) is 0 Å². The van der Waals surface area contributed by atoms with Gasteiger partial charge < -0.3 is 14.8 Å². The van der Waals surface area contributed by atoms with Crippen molar-refractivity contribution in [2.24, 2.45) is 0 Å². The first kappa shape index (κ1) is 17.4. The highest BCUT2D eigenvalue weighted by Gasteiger charge is 2.16. The monoisotopic (exact) mass is 324 g/mol. The molecule has 0 fully saturated rings. The van der Waals surface area contributed by atoms with Crippen LogP contribution in [0.1, 0.15) is 33.1 Å². The second kappa shape index (κ2) is 7.56. The Hall–Kier alpha value is -1.93. The van der Waals surface area contributed by atoms with E-state index in [1.165, 1.54) is 9.13 Å². The lowest BCUT2D eigenvalue weighted by Crippen LogP contribution is -2.40. The number of rotatable bonds is 8. The molecule has 0 saturated carbocycles. The van der Waals surface area contributed by atoms with Crippen LogP contribution in [0.5, 0.6) is 0 Å². The largest absolute Gasteiger partial charge is 0.394 e. The molecule has 0 aliphatic carbocycles. The number of imidazole rings is 1. The van der Waals surface area contributed by atoms with Gasteiger partial charge in [-0.25, -0.2) is 9.78 Å². The number of nitrogens with zero attached hydrogens (tertiary/aromatic N) is 4. The van der Waals surface area contributed by atoms with Crippen molar-refractivity contribution in [3.63, 3.8) is 0 Å². The van der Waals surface area contributed by atoms with E-state index in [0.717, 1.165) is 12.8 Å². The molecule has 2 heterocycles. The number of unbranched alkanes of at least 4 members (excludes halogenated alkanes) is 1. The lowest BCUT2D eigenvalue weighted by Gasteiger charge is -2.10. The second-order valence-corrected chi connectivity index (χ2v) is 5.52. The summed E-state index contributed by atoms with van der Waals surface area (Å²) in [6.45, 7) is 4.73. The number of aliphatic hydroxyl groups excluding tert-OH is 2. The molecule has 23 heavy (non-hydrogen) atoms. The van der Waals surface area contributed by atoms with Crippen molar-refractivity contribution in [1.82, 2.24) is 18.7 Å². The lowest BCUT2D eigenvalue weighted by molar-refractivity contribution is 0.0859. The molecular formula is C15H24N4O4. The summed E-state index contributed by atoms with van der Waals surface area (Å²) in [7, 11) is 0. The summed E-state index contributed by atoms with van der Waals surface area (Å²) >= 11 is 0. The van der Waals surface area contributed by atoms with Crippen LogP contribution >= 0.6 is 0 Å². The molecule has 0 aromatic carbocycles. The average Bonchev–Trinajstić information content (AvgIpc) is 2.96. The van der Waals surface area contributed by atoms with E-state index in [1.807, 2.05) is 6.92 Å². The highest BCUT2D eigenvalue weighted by Crippen LogP contribution is 2.09. The highest BCUT2D eigenvalue weighted by molar-refractivity contribution is 5.70. The van der Waals surface area contributed by atoms with Crippen LogP contribution in [0.2, 0.25) is 0 Å². The topological polar surface area (TPSA) is 102 Å². The van der Waals surface area contributed by atoms with Crippen molar-refractivity contribution in [3.05, 3.63) is 27.2 Å². The van der Waals surface area contributed by atoms with Crippen molar-refractivity contribution in [3.8, 4) is 0 Å². The molecule has 8 nitrogen and oxygen atoms in total. The Morgan fingerprint density at radius 1 is 1.17 bits per heavy atom. The Bertz CT molecular complexity index is 774. The molecule has 2 aromatic rings. The average molecular weight is 324 g/mol. The Kier molecular flexibility index (Phi) is 5.73. The molecule has 2 aromatic heterocycles. The summed E-state index contributed by atoms with van der Waals surface area (Å²) in [6.07, 6.45) is 2.88. The number of fused-ring (bicyclic) bond motifs is 1. The van der Waals surface area contributed by atoms with E-state index in [0.29, 0.717) is 37.2 Å². The smallest absolute Gasteiger partial charge is 0.332 e. The van der Waals surface area contributed by atoms with Gasteiger partial charge in [-0.1, -0.05) is 0 Å². The van der Waals surface area contributed by atoms with E-state index in [2.05, 4.69) is 4.98 Å². The van der Waals surface area contributed by atoms with Gasteiger partial charge >= 0.3 is 5.69 Å². The molecule has 0 amide bonds. The molecule has 8 heteroatoms. The molecule has 0 saturated heterocycles. The van der Waals surface area contributed by atoms with Crippen LogP contribution in [0.3, 0.4) is 0 Å². The number of aromatic nitrogens is 4. The van der Waals surface area contributed by atoms with E-state index in [1.54, 1.807) is 17.8 Å². The van der Waals surface area contributed by atoms with Crippen LogP contribution in [-0.2, 0) is 19.6 Å². The van der Waals surface area contributed by atoms with Gasteiger partial charge in [0.2, 0.25) is 0 Å². The van der Waals surface area contributed by atoms with Crippen molar-refractivity contribution in [2.75, 3.05) is 6.61 Å². The molecule has 128 valence electrons. The van der Waals surface area contributed by atoms with Crippen LogP contribution in [0, 0.1) is 0 Å². The first-order chi connectivity index (χ1) is 11.0. The van der Waals surface area contributed by atoms with Crippen molar-refractivity contribution in [2.45, 2.75) is 58.8 Å². The number of aryl methyl sites for hydroxylation is 2. The van der Waals surface area contributed by atoms with Crippen molar-refractivity contribution in [1.29, 1.82) is 0 Å². The number of aliphatic hydroxyl groups is 2. The second-order valence-electron chi connectivity index (χ2n) is 5.52. The number of hydrogen-bond donors (Lipinski definition) is 2. The summed E-state index contributed by atoms with van der Waals surface area (Å²) in [4.78, 5) is 29.0. The first-order valence-electron chi connectivity index (χ1n) is 8.02. The quantitative estimate of drug-likeness (QED) is 0.661. The van der Waals surface area contributed by atoms with Gasteiger partial charge in [0.25, 0.3) is 5.56 Å². The summed E-state index contributed by atoms with van der Waals surface area (Å²) in [5, 5.41) is 18.1. The predicted octanol–water partition coefficient (Wildman–Crippen LogP) is -0.0770. The SMILES string of the molecule is CCn1c(=O)c2c(ncn2CCCCC(O)CO)n(CC)c1=O.